The van der Waals surface area contributed by atoms with Crippen LogP contribution in [0.15, 0.2) is 50.6 Å². The number of halogens is 3. The van der Waals surface area contributed by atoms with E-state index in [0.29, 0.717) is 36.0 Å². The molecule has 9 nitrogen and oxygen atoms in total. The van der Waals surface area contributed by atoms with Crippen molar-refractivity contribution in [2.75, 3.05) is 13.2 Å². The van der Waals surface area contributed by atoms with E-state index in [1.165, 1.54) is 17.4 Å². The number of hydrogen-bond acceptors (Lipinski definition) is 10. The van der Waals surface area contributed by atoms with Gasteiger partial charge in [0.1, 0.15) is 6.04 Å². The van der Waals surface area contributed by atoms with Crippen molar-refractivity contribution in [2.45, 2.75) is 57.8 Å². The standard InChI is InChI=1S/C28H29ClF2N4O5S/c1-3-38-27(36)19-13-18(35-40-19)14-5-7-15(8-6-14)23-20(28(37)39-4-2)24(16-9-10-17(30)22(31)21(16)29)34-25(33-23)26-32-11-12-41-26/h9-15,24,27,36H,3-8H2,1-2H3,(H,33,34)/t14-,15-,24?,27?. The van der Waals surface area contributed by atoms with Gasteiger partial charge in [-0.05, 0) is 51.5 Å². The molecule has 2 N–H and O–H groups in total. The van der Waals surface area contributed by atoms with Crippen LogP contribution in [0.1, 0.15) is 79.8 Å². The van der Waals surface area contributed by atoms with Crippen LogP contribution < -0.4 is 5.32 Å². The second kappa shape index (κ2) is 12.8. The number of amidine groups is 1. The van der Waals surface area contributed by atoms with Crippen LogP contribution >= 0.6 is 22.9 Å². The van der Waals surface area contributed by atoms with Crippen LogP contribution in [-0.2, 0) is 14.3 Å². The number of hydrogen-bond donors (Lipinski definition) is 2. The zero-order valence-corrected chi connectivity index (χ0v) is 24.0. The van der Waals surface area contributed by atoms with Crippen LogP contribution in [-0.4, -0.2) is 40.3 Å². The van der Waals surface area contributed by atoms with Gasteiger partial charge in [0, 0.05) is 41.4 Å². The molecule has 2 aromatic heterocycles. The molecule has 1 aromatic carbocycles. The van der Waals surface area contributed by atoms with Gasteiger partial charge >= 0.3 is 5.97 Å². The first-order chi connectivity index (χ1) is 19.8. The second-order valence-corrected chi connectivity index (χ2v) is 10.9. The van der Waals surface area contributed by atoms with E-state index in [2.05, 4.69) is 15.5 Å². The van der Waals surface area contributed by atoms with Crippen molar-refractivity contribution in [3.05, 3.63) is 79.7 Å². The molecule has 218 valence electrons. The molecule has 13 heteroatoms. The van der Waals surface area contributed by atoms with E-state index in [9.17, 15) is 18.7 Å². The highest BCUT2D eigenvalue weighted by Crippen LogP contribution is 2.44. The van der Waals surface area contributed by atoms with E-state index < -0.39 is 35.0 Å². The Morgan fingerprint density at radius 3 is 2.66 bits per heavy atom. The van der Waals surface area contributed by atoms with Crippen LogP contribution in [0, 0.1) is 17.6 Å². The zero-order valence-electron chi connectivity index (χ0n) is 22.4. The molecule has 0 bridgehead atoms. The van der Waals surface area contributed by atoms with Crippen LogP contribution in [0.2, 0.25) is 5.02 Å². The number of nitrogens with one attached hydrogen (secondary N) is 1. The van der Waals surface area contributed by atoms with Gasteiger partial charge < -0.3 is 24.4 Å². The predicted octanol–water partition coefficient (Wildman–Crippen LogP) is 5.97. The largest absolute Gasteiger partial charge is 0.463 e. The molecule has 5 rings (SSSR count). The molecule has 41 heavy (non-hydrogen) atoms. The molecular weight excluding hydrogens is 578 g/mol. The van der Waals surface area contributed by atoms with Crippen molar-refractivity contribution in [3.63, 3.8) is 0 Å². The average molecular weight is 607 g/mol. The summed E-state index contributed by atoms with van der Waals surface area (Å²) in [5, 5.41) is 19.5. The molecule has 2 atom stereocenters. The number of carbonyl (C=O) groups excluding carboxylic acids is 1. The fourth-order valence-electron chi connectivity index (χ4n) is 5.28. The molecule has 1 saturated carbocycles. The van der Waals surface area contributed by atoms with E-state index >= 15 is 0 Å². The minimum atomic E-state index is -1.21. The summed E-state index contributed by atoms with van der Waals surface area (Å²) in [5.41, 5.74) is 1.68. The quantitative estimate of drug-likeness (QED) is 0.174. The first-order valence-corrected chi connectivity index (χ1v) is 14.6. The number of aliphatic hydroxyl groups is 1. The number of allylic oxidation sites excluding steroid dienone is 1. The van der Waals surface area contributed by atoms with Crippen LogP contribution in [0.3, 0.4) is 0 Å². The number of aliphatic imine (C=N–C) groups is 1. The molecule has 2 aliphatic rings. The lowest BCUT2D eigenvalue weighted by Crippen LogP contribution is -2.38. The molecule has 1 aliphatic carbocycles. The van der Waals surface area contributed by atoms with E-state index in [1.54, 1.807) is 31.5 Å². The maximum absolute atomic E-state index is 14.6. The van der Waals surface area contributed by atoms with Crippen molar-refractivity contribution < 1.29 is 32.7 Å². The number of rotatable bonds is 9. The number of carbonyl (C=O) groups is 1. The molecule has 1 fully saturated rings. The maximum Gasteiger partial charge on any atom is 0.338 e. The fourth-order valence-corrected chi connectivity index (χ4v) is 6.12. The summed E-state index contributed by atoms with van der Waals surface area (Å²) < 4.78 is 44.5. The highest BCUT2D eigenvalue weighted by atomic mass is 35.5. The summed E-state index contributed by atoms with van der Waals surface area (Å²) in [6.07, 6.45) is 3.26. The predicted molar refractivity (Wildman–Crippen MR) is 147 cm³/mol. The summed E-state index contributed by atoms with van der Waals surface area (Å²) >= 11 is 7.63. The number of esters is 1. The molecule has 1 aliphatic heterocycles. The summed E-state index contributed by atoms with van der Waals surface area (Å²) in [4.78, 5) is 22.5. The number of nitrogens with zero attached hydrogens (tertiary/aromatic N) is 3. The second-order valence-electron chi connectivity index (χ2n) is 9.67. The summed E-state index contributed by atoms with van der Waals surface area (Å²) in [6, 6.07) is 2.98. The van der Waals surface area contributed by atoms with Gasteiger partial charge in [0.25, 0.3) is 0 Å². The Bertz CT molecular complexity index is 1450. The SMILES string of the molecule is CCOC(=O)C1=C([C@H]2CC[C@H](c3cc(C(O)OCC)on3)CC2)NC(c2nccs2)=NC1c1ccc(F)c(F)c1Cl. The van der Waals surface area contributed by atoms with Crippen molar-refractivity contribution >= 4 is 34.7 Å². The van der Waals surface area contributed by atoms with Gasteiger partial charge in [-0.1, -0.05) is 22.8 Å². The first-order valence-electron chi connectivity index (χ1n) is 13.4. The van der Waals surface area contributed by atoms with Gasteiger partial charge in [-0.3, -0.25) is 4.99 Å². The van der Waals surface area contributed by atoms with Gasteiger partial charge in [-0.25, -0.2) is 18.6 Å². The van der Waals surface area contributed by atoms with Crippen molar-refractivity contribution in [1.82, 2.24) is 15.5 Å². The number of ether oxygens (including phenoxy) is 2. The molecular formula is C28H29ClF2N4O5S. The lowest BCUT2D eigenvalue weighted by atomic mass is 9.77. The Balaban J connectivity index is 1.49. The Kier molecular flexibility index (Phi) is 9.12. The number of thiazole rings is 1. The molecule has 2 unspecified atom stereocenters. The van der Waals surface area contributed by atoms with Crippen molar-refractivity contribution in [2.24, 2.45) is 10.9 Å². The number of aliphatic hydroxyl groups excluding tert-OH is 1. The zero-order chi connectivity index (χ0) is 29.1. The van der Waals surface area contributed by atoms with Gasteiger partial charge in [-0.15, -0.1) is 11.3 Å². The molecule has 0 amide bonds. The average Bonchev–Trinajstić information content (AvgIpc) is 3.69. The summed E-state index contributed by atoms with van der Waals surface area (Å²) in [5.74, 6) is -2.29. The Hall–Kier alpha value is -3.19. The third kappa shape index (κ3) is 6.06. The van der Waals surface area contributed by atoms with Crippen molar-refractivity contribution in [3.8, 4) is 0 Å². The van der Waals surface area contributed by atoms with Gasteiger partial charge in [0.2, 0.25) is 6.29 Å². The minimum absolute atomic E-state index is 0.0800. The number of benzene rings is 1. The molecule has 3 aromatic rings. The molecule has 0 spiro atoms. The first kappa shape index (κ1) is 29.3. The van der Waals surface area contributed by atoms with Crippen LogP contribution in [0.4, 0.5) is 8.78 Å². The van der Waals surface area contributed by atoms with Gasteiger partial charge in [0.05, 0.1) is 22.9 Å². The Morgan fingerprint density at radius 2 is 1.98 bits per heavy atom. The van der Waals surface area contributed by atoms with Gasteiger partial charge in [0.15, 0.2) is 28.2 Å². The lowest BCUT2D eigenvalue weighted by Gasteiger charge is -2.34. The number of aromatic nitrogens is 2. The van der Waals surface area contributed by atoms with E-state index in [-0.39, 0.29) is 35.3 Å². The summed E-state index contributed by atoms with van der Waals surface area (Å²) in [6.45, 7) is 3.91. The third-order valence-corrected chi connectivity index (χ3v) is 8.40. The van der Waals surface area contributed by atoms with Crippen molar-refractivity contribution in [1.29, 1.82) is 0 Å². The van der Waals surface area contributed by atoms with E-state index in [4.69, 9.17) is 30.6 Å². The van der Waals surface area contributed by atoms with Crippen LogP contribution in [0.25, 0.3) is 0 Å². The monoisotopic (exact) mass is 606 g/mol. The van der Waals surface area contributed by atoms with E-state index in [1.807, 2.05) is 0 Å². The Labute approximate surface area is 244 Å². The topological polar surface area (TPSA) is 119 Å². The normalized spacial score (nSPS) is 21.8. The smallest absolute Gasteiger partial charge is 0.338 e. The van der Waals surface area contributed by atoms with Gasteiger partial charge in [-0.2, -0.15) is 0 Å². The van der Waals surface area contributed by atoms with Crippen LogP contribution in [0.5, 0.6) is 0 Å². The molecule has 3 heterocycles. The van der Waals surface area contributed by atoms with E-state index in [0.717, 1.165) is 24.6 Å². The Morgan fingerprint density at radius 1 is 1.22 bits per heavy atom. The third-order valence-electron chi connectivity index (χ3n) is 7.23. The highest BCUT2D eigenvalue weighted by Gasteiger charge is 2.39. The molecule has 0 saturated heterocycles. The highest BCUT2D eigenvalue weighted by molar-refractivity contribution is 7.11. The lowest BCUT2D eigenvalue weighted by molar-refractivity contribution is -0.139. The maximum atomic E-state index is 14.6. The minimum Gasteiger partial charge on any atom is -0.463 e. The molecule has 0 radical (unpaired) electrons. The summed E-state index contributed by atoms with van der Waals surface area (Å²) in [7, 11) is 0. The fraction of sp³-hybridized carbons (Fsp3) is 0.429.